The summed E-state index contributed by atoms with van der Waals surface area (Å²) in [5.74, 6) is 2.19. The standard InChI is InChI=1S/C17H24BrNO2/c1-3-12-4-6-13(7-5-12)11-19-17(20)15-10-14(21-2)8-9-16(15)18/h8-10,12-13H,3-7,11H2,1-2H3,(H,19,20). The Bertz CT molecular complexity index is 482. The normalized spacial score (nSPS) is 21.9. The highest BCUT2D eigenvalue weighted by atomic mass is 79.9. The van der Waals surface area contributed by atoms with Crippen molar-refractivity contribution in [3.8, 4) is 5.75 Å². The van der Waals surface area contributed by atoms with E-state index in [1.165, 1.54) is 32.1 Å². The van der Waals surface area contributed by atoms with Crippen LogP contribution in [0.2, 0.25) is 0 Å². The lowest BCUT2D eigenvalue weighted by atomic mass is 9.81. The summed E-state index contributed by atoms with van der Waals surface area (Å²) in [5.41, 5.74) is 0.636. The zero-order valence-corrected chi connectivity index (χ0v) is 14.4. The first-order chi connectivity index (χ1) is 10.1. The van der Waals surface area contributed by atoms with Crippen LogP contribution in [0.15, 0.2) is 22.7 Å². The maximum atomic E-state index is 12.3. The van der Waals surface area contributed by atoms with Crippen molar-refractivity contribution in [1.82, 2.24) is 5.32 Å². The topological polar surface area (TPSA) is 38.3 Å². The van der Waals surface area contributed by atoms with E-state index in [1.54, 1.807) is 13.2 Å². The van der Waals surface area contributed by atoms with Gasteiger partial charge in [-0.15, -0.1) is 0 Å². The average Bonchev–Trinajstić information content (AvgIpc) is 2.53. The molecule has 116 valence electrons. The number of halogens is 1. The molecule has 0 aromatic heterocycles. The van der Waals surface area contributed by atoms with Crippen LogP contribution in [0.1, 0.15) is 49.4 Å². The predicted molar refractivity (Wildman–Crippen MR) is 88.8 cm³/mol. The summed E-state index contributed by atoms with van der Waals surface area (Å²) < 4.78 is 5.98. The Balaban J connectivity index is 1.87. The number of ether oxygens (including phenoxy) is 1. The first-order valence-electron chi connectivity index (χ1n) is 7.75. The zero-order valence-electron chi connectivity index (χ0n) is 12.8. The van der Waals surface area contributed by atoms with Crippen LogP contribution in [0, 0.1) is 11.8 Å². The van der Waals surface area contributed by atoms with Gasteiger partial charge in [-0.2, -0.15) is 0 Å². The molecule has 1 aliphatic rings. The largest absolute Gasteiger partial charge is 0.497 e. The van der Waals surface area contributed by atoms with E-state index in [4.69, 9.17) is 4.74 Å². The third-order valence-electron chi connectivity index (χ3n) is 4.51. The van der Waals surface area contributed by atoms with Gasteiger partial charge in [0, 0.05) is 11.0 Å². The maximum Gasteiger partial charge on any atom is 0.252 e. The van der Waals surface area contributed by atoms with E-state index in [-0.39, 0.29) is 5.91 Å². The molecule has 1 aromatic rings. The quantitative estimate of drug-likeness (QED) is 0.851. The summed E-state index contributed by atoms with van der Waals surface area (Å²) in [7, 11) is 1.61. The molecule has 1 saturated carbocycles. The Morgan fingerprint density at radius 3 is 2.57 bits per heavy atom. The summed E-state index contributed by atoms with van der Waals surface area (Å²) in [6.45, 7) is 3.05. The van der Waals surface area contributed by atoms with Gasteiger partial charge in [0.2, 0.25) is 0 Å². The Kier molecular flexibility index (Phi) is 6.09. The molecule has 21 heavy (non-hydrogen) atoms. The molecular weight excluding hydrogens is 330 g/mol. The second-order valence-electron chi connectivity index (χ2n) is 5.85. The Morgan fingerprint density at radius 2 is 1.95 bits per heavy atom. The molecule has 0 heterocycles. The third-order valence-corrected chi connectivity index (χ3v) is 5.20. The van der Waals surface area contributed by atoms with Crippen molar-refractivity contribution in [3.05, 3.63) is 28.2 Å². The van der Waals surface area contributed by atoms with Crippen LogP contribution in [-0.2, 0) is 0 Å². The first kappa shape index (κ1) is 16.3. The lowest BCUT2D eigenvalue weighted by Crippen LogP contribution is -2.31. The lowest BCUT2D eigenvalue weighted by molar-refractivity contribution is 0.0940. The van der Waals surface area contributed by atoms with Gasteiger partial charge in [-0.3, -0.25) is 4.79 Å². The SMILES string of the molecule is CCC1CCC(CNC(=O)c2cc(OC)ccc2Br)CC1. The molecule has 0 atom stereocenters. The van der Waals surface area contributed by atoms with Crippen molar-refractivity contribution in [1.29, 1.82) is 0 Å². The predicted octanol–water partition coefficient (Wildman–Crippen LogP) is 4.40. The van der Waals surface area contributed by atoms with Crippen LogP contribution in [0.4, 0.5) is 0 Å². The maximum absolute atomic E-state index is 12.3. The Hall–Kier alpha value is -1.03. The van der Waals surface area contributed by atoms with Crippen LogP contribution in [0.25, 0.3) is 0 Å². The van der Waals surface area contributed by atoms with Crippen molar-refractivity contribution < 1.29 is 9.53 Å². The lowest BCUT2D eigenvalue weighted by Gasteiger charge is -2.27. The van der Waals surface area contributed by atoms with Gasteiger partial charge >= 0.3 is 0 Å². The fraction of sp³-hybridized carbons (Fsp3) is 0.588. The number of methoxy groups -OCH3 is 1. The molecule has 1 fully saturated rings. The number of amides is 1. The number of hydrogen-bond acceptors (Lipinski definition) is 2. The minimum absolute atomic E-state index is 0.0293. The summed E-state index contributed by atoms with van der Waals surface area (Å²) in [5, 5.41) is 3.07. The van der Waals surface area contributed by atoms with E-state index in [0.29, 0.717) is 17.2 Å². The molecule has 0 radical (unpaired) electrons. The second kappa shape index (κ2) is 7.83. The van der Waals surface area contributed by atoms with Gasteiger partial charge in [0.1, 0.15) is 5.75 Å². The van der Waals surface area contributed by atoms with Gasteiger partial charge in [0.05, 0.1) is 12.7 Å². The molecule has 1 amide bonds. The number of carbonyl (C=O) groups is 1. The van der Waals surface area contributed by atoms with Crippen molar-refractivity contribution >= 4 is 21.8 Å². The zero-order chi connectivity index (χ0) is 15.2. The molecular formula is C17H24BrNO2. The molecule has 0 spiro atoms. The monoisotopic (exact) mass is 353 g/mol. The molecule has 1 N–H and O–H groups in total. The molecule has 0 bridgehead atoms. The van der Waals surface area contributed by atoms with Gasteiger partial charge in [0.25, 0.3) is 5.91 Å². The minimum atomic E-state index is -0.0293. The first-order valence-corrected chi connectivity index (χ1v) is 8.55. The van der Waals surface area contributed by atoms with Gasteiger partial charge in [0.15, 0.2) is 0 Å². The number of rotatable bonds is 5. The fourth-order valence-corrected chi connectivity index (χ4v) is 3.41. The fourth-order valence-electron chi connectivity index (χ4n) is 2.98. The van der Waals surface area contributed by atoms with Crippen LogP contribution in [0.3, 0.4) is 0 Å². The van der Waals surface area contributed by atoms with Crippen molar-refractivity contribution in [2.24, 2.45) is 11.8 Å². The Morgan fingerprint density at radius 1 is 1.29 bits per heavy atom. The van der Waals surface area contributed by atoms with Crippen molar-refractivity contribution in [2.75, 3.05) is 13.7 Å². The van der Waals surface area contributed by atoms with E-state index in [1.807, 2.05) is 12.1 Å². The minimum Gasteiger partial charge on any atom is -0.497 e. The highest BCUT2D eigenvalue weighted by molar-refractivity contribution is 9.10. The van der Waals surface area contributed by atoms with E-state index in [9.17, 15) is 4.79 Å². The summed E-state index contributed by atoms with van der Waals surface area (Å²) in [6, 6.07) is 5.46. The summed E-state index contributed by atoms with van der Waals surface area (Å²) in [6.07, 6.45) is 6.37. The number of nitrogens with one attached hydrogen (secondary N) is 1. The van der Waals surface area contributed by atoms with Gasteiger partial charge in [-0.25, -0.2) is 0 Å². The smallest absolute Gasteiger partial charge is 0.252 e. The van der Waals surface area contributed by atoms with Crippen LogP contribution in [0.5, 0.6) is 5.75 Å². The molecule has 1 aromatic carbocycles. The molecule has 0 unspecified atom stereocenters. The summed E-state index contributed by atoms with van der Waals surface area (Å²) in [4.78, 5) is 12.3. The number of carbonyl (C=O) groups excluding carboxylic acids is 1. The molecule has 3 nitrogen and oxygen atoms in total. The average molecular weight is 354 g/mol. The Labute approximate surface area is 135 Å². The van der Waals surface area contributed by atoms with Crippen LogP contribution in [-0.4, -0.2) is 19.6 Å². The highest BCUT2D eigenvalue weighted by Gasteiger charge is 2.21. The molecule has 0 saturated heterocycles. The summed E-state index contributed by atoms with van der Waals surface area (Å²) >= 11 is 3.43. The third kappa shape index (κ3) is 4.47. The van der Waals surface area contributed by atoms with Gasteiger partial charge in [-0.1, -0.05) is 26.2 Å². The van der Waals surface area contributed by atoms with Gasteiger partial charge < -0.3 is 10.1 Å². The van der Waals surface area contributed by atoms with E-state index < -0.39 is 0 Å². The molecule has 4 heteroatoms. The van der Waals surface area contributed by atoms with E-state index in [0.717, 1.165) is 16.9 Å². The number of hydrogen-bond donors (Lipinski definition) is 1. The van der Waals surface area contributed by atoms with E-state index in [2.05, 4.69) is 28.2 Å². The van der Waals surface area contributed by atoms with Crippen LogP contribution < -0.4 is 10.1 Å². The van der Waals surface area contributed by atoms with E-state index >= 15 is 0 Å². The van der Waals surface area contributed by atoms with Crippen LogP contribution >= 0.6 is 15.9 Å². The van der Waals surface area contributed by atoms with Crippen molar-refractivity contribution in [2.45, 2.75) is 39.0 Å². The highest BCUT2D eigenvalue weighted by Crippen LogP contribution is 2.30. The second-order valence-corrected chi connectivity index (χ2v) is 6.71. The molecule has 1 aliphatic carbocycles. The molecule has 0 aliphatic heterocycles. The van der Waals surface area contributed by atoms with Gasteiger partial charge in [-0.05, 0) is 58.8 Å². The molecule has 2 rings (SSSR count). The number of benzene rings is 1. The van der Waals surface area contributed by atoms with Crippen molar-refractivity contribution in [3.63, 3.8) is 0 Å².